The van der Waals surface area contributed by atoms with Crippen molar-refractivity contribution in [3.63, 3.8) is 0 Å². The Bertz CT molecular complexity index is 1040. The molecule has 0 unspecified atom stereocenters. The van der Waals surface area contributed by atoms with Crippen LogP contribution >= 0.6 is 23.2 Å². The number of phenolic OH excluding ortho intramolecular Hbond substituents is 1. The Labute approximate surface area is 156 Å². The van der Waals surface area contributed by atoms with E-state index in [0.717, 1.165) is 0 Å². The summed E-state index contributed by atoms with van der Waals surface area (Å²) in [5, 5.41) is 9.69. The van der Waals surface area contributed by atoms with Gasteiger partial charge in [0, 0.05) is 11.1 Å². The number of hydrogen-bond acceptors (Lipinski definition) is 4. The van der Waals surface area contributed by atoms with Crippen molar-refractivity contribution in [3.05, 3.63) is 56.6 Å². The first-order chi connectivity index (χ1) is 12.2. The number of phenols is 1. The van der Waals surface area contributed by atoms with E-state index in [9.17, 15) is 14.7 Å². The van der Waals surface area contributed by atoms with Gasteiger partial charge < -0.3 is 22.3 Å². The molecular formula is C16H11Cl2N5O3. The normalized spacial score (nSPS) is 13.2. The van der Waals surface area contributed by atoms with Crippen LogP contribution in [0.3, 0.4) is 0 Å². The molecule has 0 aromatic heterocycles. The lowest BCUT2D eigenvalue weighted by Crippen LogP contribution is -2.26. The zero-order valence-electron chi connectivity index (χ0n) is 13.0. The molecular weight excluding hydrogens is 381 g/mol. The summed E-state index contributed by atoms with van der Waals surface area (Å²) in [6.07, 6.45) is 0. The molecule has 1 aliphatic rings. The number of nitrogens with zero attached hydrogens (tertiary/aromatic N) is 2. The van der Waals surface area contributed by atoms with Crippen LogP contribution in [0.2, 0.25) is 10.0 Å². The summed E-state index contributed by atoms with van der Waals surface area (Å²) < 4.78 is 0. The second-order valence-corrected chi connectivity index (χ2v) is 6.04. The zero-order valence-corrected chi connectivity index (χ0v) is 14.5. The van der Waals surface area contributed by atoms with Crippen LogP contribution in [0, 0.1) is 0 Å². The Balaban J connectivity index is 2.40. The maximum Gasteiger partial charge on any atom is 0.223 e. The van der Waals surface area contributed by atoms with Crippen molar-refractivity contribution >= 4 is 52.4 Å². The largest absolute Gasteiger partial charge is 0.506 e. The van der Waals surface area contributed by atoms with E-state index < -0.39 is 23.3 Å². The molecule has 0 saturated heterocycles. The second-order valence-electron chi connectivity index (χ2n) is 5.29. The highest BCUT2D eigenvalue weighted by molar-refractivity contribution is 6.47. The van der Waals surface area contributed by atoms with Gasteiger partial charge in [-0.2, -0.15) is 4.99 Å². The molecule has 0 spiro atoms. The van der Waals surface area contributed by atoms with Crippen molar-refractivity contribution in [1.29, 1.82) is 0 Å². The van der Waals surface area contributed by atoms with Crippen molar-refractivity contribution < 1.29 is 14.7 Å². The minimum atomic E-state index is -0.612. The lowest BCUT2D eigenvalue weighted by Gasteiger charge is -2.21. The lowest BCUT2D eigenvalue weighted by atomic mass is 9.82. The molecule has 2 aromatic rings. The average Bonchev–Trinajstić information content (AvgIpc) is 2.59. The van der Waals surface area contributed by atoms with Crippen LogP contribution in [0.15, 0.2) is 34.3 Å². The number of ketones is 2. The van der Waals surface area contributed by atoms with Crippen molar-refractivity contribution in [2.24, 2.45) is 27.2 Å². The summed E-state index contributed by atoms with van der Waals surface area (Å²) in [7, 11) is 0. The van der Waals surface area contributed by atoms with Crippen molar-refractivity contribution in [3.8, 4) is 5.75 Å². The summed E-state index contributed by atoms with van der Waals surface area (Å²) in [4.78, 5) is 33.2. The van der Waals surface area contributed by atoms with Gasteiger partial charge in [-0.05, 0) is 0 Å². The summed E-state index contributed by atoms with van der Waals surface area (Å²) in [5.41, 5.74) is 15.6. The van der Waals surface area contributed by atoms with Gasteiger partial charge in [-0.1, -0.05) is 47.5 Å². The molecule has 26 heavy (non-hydrogen) atoms. The maximum atomic E-state index is 12.9. The second kappa shape index (κ2) is 6.32. The Hall–Kier alpha value is -3.10. The number of benzene rings is 2. The first-order valence-corrected chi connectivity index (χ1v) is 7.85. The number of rotatable bonds is 1. The number of carbonyl (C=O) groups excluding carboxylic acids is 2. The molecule has 8 nitrogen and oxygen atoms in total. The van der Waals surface area contributed by atoms with E-state index in [-0.39, 0.29) is 43.9 Å². The third kappa shape index (κ3) is 2.65. The molecule has 0 amide bonds. The van der Waals surface area contributed by atoms with Gasteiger partial charge >= 0.3 is 0 Å². The number of fused-ring (bicyclic) bond motifs is 2. The van der Waals surface area contributed by atoms with Gasteiger partial charge in [-0.25, -0.2) is 4.99 Å². The topological polar surface area (TPSA) is 157 Å². The van der Waals surface area contributed by atoms with Gasteiger partial charge in [0.05, 0.1) is 21.8 Å². The number of hydrogen-bond donors (Lipinski definition) is 4. The first-order valence-electron chi connectivity index (χ1n) is 7.10. The van der Waals surface area contributed by atoms with Gasteiger partial charge in [0.15, 0.2) is 17.5 Å². The number of nitrogens with two attached hydrogens (primary N) is 3. The molecule has 0 fully saturated rings. The van der Waals surface area contributed by atoms with E-state index in [1.54, 1.807) is 12.1 Å². The lowest BCUT2D eigenvalue weighted by molar-refractivity contribution is 0.0977. The molecule has 1 aliphatic carbocycles. The van der Waals surface area contributed by atoms with E-state index in [1.807, 2.05) is 0 Å². The Morgan fingerprint density at radius 2 is 1.46 bits per heavy atom. The number of halogens is 2. The first kappa shape index (κ1) is 17.7. The Morgan fingerprint density at radius 3 is 2.00 bits per heavy atom. The highest BCUT2D eigenvalue weighted by Gasteiger charge is 2.37. The number of aliphatic imine (C=N–C) groups is 2. The quantitative estimate of drug-likeness (QED) is 0.365. The third-order valence-corrected chi connectivity index (χ3v) is 4.51. The fraction of sp³-hybridized carbons (Fsp3) is 0. The Kier molecular flexibility index (Phi) is 4.31. The molecule has 0 aliphatic heterocycles. The van der Waals surface area contributed by atoms with Crippen LogP contribution in [0.1, 0.15) is 31.8 Å². The van der Waals surface area contributed by atoms with Gasteiger partial charge in [0.25, 0.3) is 0 Å². The fourth-order valence-electron chi connectivity index (χ4n) is 2.63. The van der Waals surface area contributed by atoms with Crippen LogP contribution in [-0.2, 0) is 0 Å². The van der Waals surface area contributed by atoms with E-state index in [4.69, 9.17) is 40.4 Å². The van der Waals surface area contributed by atoms with Crippen LogP contribution < -0.4 is 17.2 Å². The summed E-state index contributed by atoms with van der Waals surface area (Å²) in [6, 6.07) is 6.14. The third-order valence-electron chi connectivity index (χ3n) is 3.67. The monoisotopic (exact) mass is 391 g/mol. The number of guanidine groups is 2. The molecule has 3 rings (SSSR count). The number of carbonyl (C=O) groups is 2. The molecule has 10 heteroatoms. The summed E-state index contributed by atoms with van der Waals surface area (Å²) >= 11 is 12.1. The predicted molar refractivity (Wildman–Crippen MR) is 98.5 cm³/mol. The average molecular weight is 392 g/mol. The SMILES string of the molecule is NC(N)=NC(N)=Nc1c(Cl)c(Cl)c(O)c2c1C(=O)c1ccccc1C2=O. The zero-order chi connectivity index (χ0) is 19.2. The highest BCUT2D eigenvalue weighted by atomic mass is 35.5. The van der Waals surface area contributed by atoms with Crippen molar-refractivity contribution in [2.45, 2.75) is 0 Å². The van der Waals surface area contributed by atoms with E-state index in [0.29, 0.717) is 0 Å². The van der Waals surface area contributed by atoms with Crippen molar-refractivity contribution in [1.82, 2.24) is 0 Å². The minimum absolute atomic E-state index is 0.130. The molecule has 0 saturated carbocycles. The van der Waals surface area contributed by atoms with Gasteiger partial charge in [-0.3, -0.25) is 9.59 Å². The maximum absolute atomic E-state index is 12.9. The summed E-state index contributed by atoms with van der Waals surface area (Å²) in [5.74, 6) is -2.55. The smallest absolute Gasteiger partial charge is 0.223 e. The van der Waals surface area contributed by atoms with Crippen LogP contribution in [-0.4, -0.2) is 28.6 Å². The van der Waals surface area contributed by atoms with Gasteiger partial charge in [0.1, 0.15) is 10.8 Å². The van der Waals surface area contributed by atoms with Crippen molar-refractivity contribution in [2.75, 3.05) is 0 Å². The van der Waals surface area contributed by atoms with Crippen LogP contribution in [0.25, 0.3) is 0 Å². The number of aromatic hydroxyl groups is 1. The molecule has 0 bridgehead atoms. The minimum Gasteiger partial charge on any atom is -0.506 e. The Morgan fingerprint density at radius 1 is 0.923 bits per heavy atom. The van der Waals surface area contributed by atoms with Gasteiger partial charge in [-0.15, -0.1) is 0 Å². The van der Waals surface area contributed by atoms with E-state index in [2.05, 4.69) is 9.98 Å². The van der Waals surface area contributed by atoms with Gasteiger partial charge in [0.2, 0.25) is 5.96 Å². The standard InChI is InChI=1S/C16H11Cl2N5O3/c17-9-10(18)14(26)8-7(11(9)22-16(21)23-15(19)20)12(24)5-3-1-2-4-6(5)13(8)25/h1-4,26H,(H6,19,20,21,22,23). The highest BCUT2D eigenvalue weighted by Crippen LogP contribution is 2.48. The molecule has 0 atom stereocenters. The van der Waals surface area contributed by atoms with Crippen LogP contribution in [0.4, 0.5) is 5.69 Å². The molecule has 132 valence electrons. The van der Waals surface area contributed by atoms with E-state index >= 15 is 0 Å². The molecule has 0 heterocycles. The fourth-order valence-corrected chi connectivity index (χ4v) is 3.04. The van der Waals surface area contributed by atoms with Crippen LogP contribution in [0.5, 0.6) is 5.75 Å². The predicted octanol–water partition coefficient (Wildman–Crippen LogP) is 1.69. The molecule has 0 radical (unpaired) electrons. The summed E-state index contributed by atoms with van der Waals surface area (Å²) in [6.45, 7) is 0. The van der Waals surface area contributed by atoms with E-state index in [1.165, 1.54) is 12.1 Å². The molecule has 7 N–H and O–H groups in total. The molecule has 2 aromatic carbocycles.